The van der Waals surface area contributed by atoms with Crippen LogP contribution in [0.5, 0.6) is 0 Å². The largest absolute Gasteiger partial charge is 0.342 e. The molecule has 2 aromatic heterocycles. The van der Waals surface area contributed by atoms with E-state index in [4.69, 9.17) is 23.2 Å². The third-order valence-electron chi connectivity index (χ3n) is 5.21. The Bertz CT molecular complexity index is 1410. The molecule has 0 fully saturated rings. The van der Waals surface area contributed by atoms with Crippen molar-refractivity contribution in [2.75, 3.05) is 11.1 Å². The molecule has 1 unspecified atom stereocenters. The maximum atomic E-state index is 12.6. The first kappa shape index (κ1) is 26.2. The van der Waals surface area contributed by atoms with Crippen LogP contribution in [0.4, 0.5) is 5.13 Å². The quantitative estimate of drug-likeness (QED) is 0.265. The number of hydrogen-bond donors (Lipinski definition) is 2. The molecule has 0 radical (unpaired) electrons. The van der Waals surface area contributed by atoms with E-state index in [1.54, 1.807) is 30.7 Å². The number of halogens is 2. The molecule has 1 atom stereocenters. The van der Waals surface area contributed by atoms with Gasteiger partial charge in [0.25, 0.3) is 5.91 Å². The first-order chi connectivity index (χ1) is 17.2. The van der Waals surface area contributed by atoms with Crippen molar-refractivity contribution in [2.24, 2.45) is 7.05 Å². The third kappa shape index (κ3) is 6.07. The smallest absolute Gasteiger partial charge is 0.251 e. The number of anilines is 1. The zero-order chi connectivity index (χ0) is 25.8. The zero-order valence-corrected chi connectivity index (χ0v) is 22.7. The van der Waals surface area contributed by atoms with Crippen molar-refractivity contribution in [1.82, 2.24) is 25.1 Å². The van der Waals surface area contributed by atoms with Gasteiger partial charge >= 0.3 is 0 Å². The van der Waals surface area contributed by atoms with Crippen LogP contribution in [-0.4, -0.2) is 37.3 Å². The van der Waals surface area contributed by atoms with Crippen LogP contribution in [0.3, 0.4) is 0 Å². The van der Waals surface area contributed by atoms with Crippen molar-refractivity contribution >= 4 is 63.2 Å². The van der Waals surface area contributed by atoms with Crippen LogP contribution in [0.25, 0.3) is 11.3 Å². The number of carbonyl (C=O) groups is 2. The Labute approximate surface area is 226 Å². The van der Waals surface area contributed by atoms with Crippen LogP contribution in [0.15, 0.2) is 53.7 Å². The molecule has 2 amide bonds. The van der Waals surface area contributed by atoms with Gasteiger partial charge in [-0.25, -0.2) is 4.98 Å². The van der Waals surface area contributed by atoms with E-state index in [1.165, 1.54) is 29.2 Å². The second kappa shape index (κ2) is 11.4. The highest BCUT2D eigenvalue weighted by molar-refractivity contribution is 7.99. The maximum absolute atomic E-state index is 12.6. The number of aromatic nitrogens is 4. The minimum Gasteiger partial charge on any atom is -0.342 e. The summed E-state index contributed by atoms with van der Waals surface area (Å²) in [5.41, 5.74) is 2.25. The number of amides is 2. The summed E-state index contributed by atoms with van der Waals surface area (Å²) in [6.45, 7) is 3.78. The molecule has 0 saturated heterocycles. The molecule has 2 aromatic carbocycles. The molecule has 0 saturated carbocycles. The van der Waals surface area contributed by atoms with Crippen molar-refractivity contribution in [3.05, 3.63) is 74.8 Å². The lowest BCUT2D eigenvalue weighted by molar-refractivity contribution is -0.113. The molecule has 2 heterocycles. The van der Waals surface area contributed by atoms with Gasteiger partial charge in [0.2, 0.25) is 5.91 Å². The summed E-state index contributed by atoms with van der Waals surface area (Å²) in [5, 5.41) is 15.9. The van der Waals surface area contributed by atoms with Gasteiger partial charge in [0, 0.05) is 23.1 Å². The fourth-order valence-electron chi connectivity index (χ4n) is 3.41. The maximum Gasteiger partial charge on any atom is 0.251 e. The predicted octanol–water partition coefficient (Wildman–Crippen LogP) is 5.78. The lowest BCUT2D eigenvalue weighted by Gasteiger charge is -2.14. The van der Waals surface area contributed by atoms with E-state index in [9.17, 15) is 9.59 Å². The van der Waals surface area contributed by atoms with E-state index in [0.29, 0.717) is 31.7 Å². The number of hydrogen-bond acceptors (Lipinski definition) is 7. The Kier molecular flexibility index (Phi) is 8.30. The molecule has 36 heavy (non-hydrogen) atoms. The Hall–Kier alpha value is -2.92. The van der Waals surface area contributed by atoms with Crippen LogP contribution in [0.2, 0.25) is 10.0 Å². The first-order valence-corrected chi connectivity index (χ1v) is 13.4. The minimum absolute atomic E-state index is 0.134. The topological polar surface area (TPSA) is 102 Å². The van der Waals surface area contributed by atoms with Gasteiger partial charge in [-0.1, -0.05) is 65.3 Å². The summed E-state index contributed by atoms with van der Waals surface area (Å²) in [4.78, 5) is 30.7. The lowest BCUT2D eigenvalue weighted by Crippen LogP contribution is -2.28. The van der Waals surface area contributed by atoms with E-state index >= 15 is 0 Å². The minimum atomic E-state index is -0.428. The highest BCUT2D eigenvalue weighted by Crippen LogP contribution is 2.30. The van der Waals surface area contributed by atoms with E-state index in [1.807, 2.05) is 37.3 Å². The van der Waals surface area contributed by atoms with Crippen molar-refractivity contribution in [3.63, 3.8) is 0 Å². The van der Waals surface area contributed by atoms with Gasteiger partial charge < -0.3 is 15.2 Å². The number of thioether (sulfide) groups is 1. The molecule has 0 aliphatic heterocycles. The first-order valence-electron chi connectivity index (χ1n) is 10.8. The summed E-state index contributed by atoms with van der Waals surface area (Å²) in [6, 6.07) is 14.1. The average molecular weight is 562 g/mol. The Balaban J connectivity index is 1.34. The third-order valence-corrected chi connectivity index (χ3v) is 7.85. The summed E-state index contributed by atoms with van der Waals surface area (Å²) >= 11 is 14.6. The van der Waals surface area contributed by atoms with Crippen LogP contribution in [0.1, 0.15) is 34.0 Å². The fourth-order valence-corrected chi connectivity index (χ4v) is 5.28. The Morgan fingerprint density at radius 1 is 1.11 bits per heavy atom. The van der Waals surface area contributed by atoms with Crippen molar-refractivity contribution in [3.8, 4) is 11.3 Å². The monoisotopic (exact) mass is 560 g/mol. The Morgan fingerprint density at radius 3 is 2.58 bits per heavy atom. The summed E-state index contributed by atoms with van der Waals surface area (Å²) in [6.07, 6.45) is 0. The van der Waals surface area contributed by atoms with Gasteiger partial charge in [-0.05, 0) is 32.0 Å². The molecular formula is C24H22Cl2N6O2S2. The SMILES string of the molecule is Cc1sc(NC(=O)CSc2nnc(C(C)NC(=O)c3ccc(Cl)c(Cl)c3)n2C)nc1-c1ccccc1. The van der Waals surface area contributed by atoms with E-state index in [2.05, 4.69) is 25.8 Å². The van der Waals surface area contributed by atoms with Gasteiger partial charge in [0.05, 0.1) is 27.5 Å². The zero-order valence-electron chi connectivity index (χ0n) is 19.6. The number of aryl methyl sites for hydroxylation is 1. The van der Waals surface area contributed by atoms with E-state index in [0.717, 1.165) is 16.1 Å². The molecule has 0 spiro atoms. The fraction of sp³-hybridized carbons (Fsp3) is 0.208. The van der Waals surface area contributed by atoms with Gasteiger partial charge in [0.15, 0.2) is 16.1 Å². The highest BCUT2D eigenvalue weighted by Gasteiger charge is 2.20. The number of nitrogens with one attached hydrogen (secondary N) is 2. The predicted molar refractivity (Wildman–Crippen MR) is 145 cm³/mol. The molecule has 12 heteroatoms. The van der Waals surface area contributed by atoms with Crippen molar-refractivity contribution in [1.29, 1.82) is 0 Å². The molecule has 4 aromatic rings. The van der Waals surface area contributed by atoms with Crippen molar-refractivity contribution < 1.29 is 9.59 Å². The van der Waals surface area contributed by atoms with Crippen LogP contribution < -0.4 is 10.6 Å². The summed E-state index contributed by atoms with van der Waals surface area (Å²) in [5.74, 6) is 0.175. The number of benzene rings is 2. The van der Waals surface area contributed by atoms with Gasteiger partial charge in [0.1, 0.15) is 0 Å². The molecule has 0 aliphatic carbocycles. The van der Waals surface area contributed by atoms with Crippen LogP contribution in [0, 0.1) is 6.92 Å². The molecule has 0 bridgehead atoms. The van der Waals surface area contributed by atoms with Gasteiger partial charge in [-0.15, -0.1) is 21.5 Å². The van der Waals surface area contributed by atoms with E-state index < -0.39 is 6.04 Å². The summed E-state index contributed by atoms with van der Waals surface area (Å²) in [7, 11) is 1.79. The van der Waals surface area contributed by atoms with Crippen molar-refractivity contribution in [2.45, 2.75) is 25.0 Å². The molecule has 4 rings (SSSR count). The molecular weight excluding hydrogens is 539 g/mol. The lowest BCUT2D eigenvalue weighted by atomic mass is 10.1. The molecule has 0 aliphatic rings. The summed E-state index contributed by atoms with van der Waals surface area (Å²) < 4.78 is 1.75. The molecule has 8 nitrogen and oxygen atoms in total. The average Bonchev–Trinajstić information content (AvgIpc) is 3.41. The Morgan fingerprint density at radius 2 is 1.86 bits per heavy atom. The number of carbonyl (C=O) groups excluding carboxylic acids is 2. The number of thiazole rings is 1. The molecule has 186 valence electrons. The standard InChI is InChI=1S/C24H22Cl2N6O2S2/c1-13(27-22(34)16-9-10-17(25)18(26)11-16)21-30-31-24(32(21)3)35-12-19(33)28-23-29-20(14(2)36-23)15-7-5-4-6-8-15/h4-11,13H,12H2,1-3H3,(H,27,34)(H,28,29,33). The highest BCUT2D eigenvalue weighted by atomic mass is 35.5. The molecule has 2 N–H and O–H groups in total. The normalized spacial score (nSPS) is 11.8. The second-order valence-corrected chi connectivity index (χ2v) is 10.8. The number of nitrogens with zero attached hydrogens (tertiary/aromatic N) is 4. The van der Waals surface area contributed by atoms with E-state index in [-0.39, 0.29) is 17.6 Å². The number of rotatable bonds is 8. The second-order valence-electron chi connectivity index (χ2n) is 7.85. The van der Waals surface area contributed by atoms with Gasteiger partial charge in [-0.2, -0.15) is 0 Å². The van der Waals surface area contributed by atoms with Crippen LogP contribution >= 0.6 is 46.3 Å². The van der Waals surface area contributed by atoms with Crippen LogP contribution in [-0.2, 0) is 11.8 Å². The van der Waals surface area contributed by atoms with Gasteiger partial charge in [-0.3, -0.25) is 9.59 Å².